The molecule has 0 fully saturated rings. The van der Waals surface area contributed by atoms with Crippen LogP contribution in [-0.4, -0.2) is 5.78 Å². The second-order valence-corrected chi connectivity index (χ2v) is 5.85. The normalized spacial score (nSPS) is 10.9. The third-order valence-electron chi connectivity index (χ3n) is 3.14. The average Bonchev–Trinajstić information content (AvgIpc) is 2.85. The lowest BCUT2D eigenvalue weighted by molar-refractivity contribution is 0.101. The van der Waals surface area contributed by atoms with Gasteiger partial charge < -0.3 is 4.42 Å². The molecule has 1 aromatic heterocycles. The number of alkyl halides is 1. The molecule has 0 amide bonds. The molecule has 0 aliphatic rings. The highest BCUT2D eigenvalue weighted by atomic mass is 79.9. The lowest BCUT2D eigenvalue weighted by Crippen LogP contribution is -2.02. The molecular weight excluding hydrogens is 384 g/mol. The van der Waals surface area contributed by atoms with Gasteiger partial charge in [0.15, 0.2) is 5.76 Å². The van der Waals surface area contributed by atoms with Gasteiger partial charge in [-0.05, 0) is 30.3 Å². The molecule has 2 nitrogen and oxygen atoms in total. The summed E-state index contributed by atoms with van der Waals surface area (Å²) in [6.45, 7) is 0. The van der Waals surface area contributed by atoms with E-state index in [0.717, 1.165) is 21.0 Å². The Labute approximate surface area is 133 Å². The zero-order valence-electron chi connectivity index (χ0n) is 10.4. The molecule has 0 saturated carbocycles. The molecule has 0 aliphatic heterocycles. The van der Waals surface area contributed by atoms with E-state index in [0.29, 0.717) is 16.7 Å². The summed E-state index contributed by atoms with van der Waals surface area (Å²) in [5, 5.41) is 1.56. The number of carbonyl (C=O) groups is 1. The molecule has 0 spiro atoms. The van der Waals surface area contributed by atoms with Crippen LogP contribution >= 0.6 is 31.9 Å². The van der Waals surface area contributed by atoms with Crippen molar-refractivity contribution in [3.8, 4) is 0 Å². The number of carbonyl (C=O) groups excluding carboxylic acids is 1. The van der Waals surface area contributed by atoms with Crippen molar-refractivity contribution >= 4 is 48.6 Å². The summed E-state index contributed by atoms with van der Waals surface area (Å²) in [5.41, 5.74) is 2.25. The second-order valence-electron chi connectivity index (χ2n) is 4.38. The first-order chi connectivity index (χ1) is 9.70. The highest BCUT2D eigenvalue weighted by Crippen LogP contribution is 2.29. The molecule has 100 valence electrons. The van der Waals surface area contributed by atoms with E-state index in [1.54, 1.807) is 12.1 Å². The number of halogens is 2. The third kappa shape index (κ3) is 2.34. The van der Waals surface area contributed by atoms with Gasteiger partial charge in [-0.3, -0.25) is 4.79 Å². The summed E-state index contributed by atoms with van der Waals surface area (Å²) >= 11 is 6.81. The van der Waals surface area contributed by atoms with E-state index in [2.05, 4.69) is 31.9 Å². The number of para-hydroxylation sites is 1. The van der Waals surface area contributed by atoms with E-state index in [1.807, 2.05) is 36.4 Å². The van der Waals surface area contributed by atoms with Crippen molar-refractivity contribution in [3.63, 3.8) is 0 Å². The van der Waals surface area contributed by atoms with Crippen molar-refractivity contribution in [2.75, 3.05) is 0 Å². The van der Waals surface area contributed by atoms with E-state index in [9.17, 15) is 4.79 Å². The van der Waals surface area contributed by atoms with Crippen LogP contribution in [0.2, 0.25) is 0 Å². The predicted octanol–water partition coefficient (Wildman–Crippen LogP) is 5.32. The maximum Gasteiger partial charge on any atom is 0.228 e. The summed E-state index contributed by atoms with van der Waals surface area (Å²) in [4.78, 5) is 12.6. The Morgan fingerprint density at radius 1 is 1.05 bits per heavy atom. The zero-order chi connectivity index (χ0) is 14.1. The summed E-state index contributed by atoms with van der Waals surface area (Å²) in [6.07, 6.45) is 0. The molecule has 0 aliphatic carbocycles. The molecule has 0 N–H and O–H groups in total. The Bertz CT molecular complexity index is 773. The van der Waals surface area contributed by atoms with E-state index in [-0.39, 0.29) is 5.78 Å². The molecule has 0 atom stereocenters. The number of furan rings is 1. The number of fused-ring (bicyclic) bond motifs is 1. The number of ketones is 1. The standard InChI is InChI=1S/C16H10Br2O2/c17-9-13-12-3-1-2-4-14(12)20-16(13)15(19)10-5-7-11(18)8-6-10/h1-8H,9H2. The van der Waals surface area contributed by atoms with Crippen LogP contribution in [-0.2, 0) is 5.33 Å². The Kier molecular flexibility index (Phi) is 3.76. The van der Waals surface area contributed by atoms with Crippen LogP contribution in [0.15, 0.2) is 57.4 Å². The van der Waals surface area contributed by atoms with Gasteiger partial charge in [0.1, 0.15) is 5.58 Å². The first kappa shape index (κ1) is 13.6. The quantitative estimate of drug-likeness (QED) is 0.445. The van der Waals surface area contributed by atoms with Gasteiger partial charge in [-0.25, -0.2) is 0 Å². The Hall–Kier alpha value is -1.39. The minimum Gasteiger partial charge on any atom is -0.452 e. The fourth-order valence-electron chi connectivity index (χ4n) is 2.15. The maximum absolute atomic E-state index is 12.6. The minimum atomic E-state index is -0.0943. The van der Waals surface area contributed by atoms with Gasteiger partial charge in [-0.1, -0.05) is 50.1 Å². The van der Waals surface area contributed by atoms with E-state index in [1.165, 1.54) is 0 Å². The second kappa shape index (κ2) is 5.54. The van der Waals surface area contributed by atoms with Crippen LogP contribution in [0.4, 0.5) is 0 Å². The number of benzene rings is 2. The smallest absolute Gasteiger partial charge is 0.228 e. The van der Waals surface area contributed by atoms with Crippen molar-refractivity contribution in [2.45, 2.75) is 5.33 Å². The number of hydrogen-bond acceptors (Lipinski definition) is 2. The van der Waals surface area contributed by atoms with Gasteiger partial charge in [0, 0.05) is 26.3 Å². The van der Waals surface area contributed by atoms with Crippen molar-refractivity contribution < 1.29 is 9.21 Å². The van der Waals surface area contributed by atoms with Crippen molar-refractivity contribution in [2.24, 2.45) is 0 Å². The predicted molar refractivity (Wildman–Crippen MR) is 86.4 cm³/mol. The van der Waals surface area contributed by atoms with E-state index in [4.69, 9.17) is 4.42 Å². The lowest BCUT2D eigenvalue weighted by Gasteiger charge is -2.00. The molecule has 1 heterocycles. The van der Waals surface area contributed by atoms with E-state index >= 15 is 0 Å². The molecule has 2 aromatic carbocycles. The van der Waals surface area contributed by atoms with Gasteiger partial charge in [0.25, 0.3) is 0 Å². The van der Waals surface area contributed by atoms with Crippen LogP contribution in [0, 0.1) is 0 Å². The van der Waals surface area contributed by atoms with E-state index < -0.39 is 0 Å². The molecule has 4 heteroatoms. The van der Waals surface area contributed by atoms with Crippen molar-refractivity contribution in [1.29, 1.82) is 0 Å². The Morgan fingerprint density at radius 2 is 1.75 bits per heavy atom. The molecule has 3 aromatic rings. The largest absolute Gasteiger partial charge is 0.452 e. The van der Waals surface area contributed by atoms with Gasteiger partial charge >= 0.3 is 0 Å². The summed E-state index contributed by atoms with van der Waals surface area (Å²) in [7, 11) is 0. The topological polar surface area (TPSA) is 30.2 Å². The van der Waals surface area contributed by atoms with Gasteiger partial charge in [-0.2, -0.15) is 0 Å². The summed E-state index contributed by atoms with van der Waals surface area (Å²) in [6, 6.07) is 15.0. The van der Waals surface area contributed by atoms with Crippen molar-refractivity contribution in [1.82, 2.24) is 0 Å². The van der Waals surface area contributed by atoms with Crippen LogP contribution in [0.1, 0.15) is 21.7 Å². The third-order valence-corrected chi connectivity index (χ3v) is 4.23. The molecule has 0 radical (unpaired) electrons. The Balaban J connectivity index is 2.13. The fourth-order valence-corrected chi connectivity index (χ4v) is 2.97. The summed E-state index contributed by atoms with van der Waals surface area (Å²) in [5.74, 6) is 0.313. The minimum absolute atomic E-state index is 0.0943. The SMILES string of the molecule is O=C(c1ccc(Br)cc1)c1oc2ccccc2c1CBr. The molecule has 3 rings (SSSR count). The molecule has 0 unspecified atom stereocenters. The van der Waals surface area contributed by atoms with Crippen LogP contribution in [0.5, 0.6) is 0 Å². The van der Waals surface area contributed by atoms with Crippen molar-refractivity contribution in [3.05, 3.63) is 69.9 Å². The van der Waals surface area contributed by atoms with Gasteiger partial charge in [-0.15, -0.1) is 0 Å². The van der Waals surface area contributed by atoms with Crippen LogP contribution < -0.4 is 0 Å². The van der Waals surface area contributed by atoms with Gasteiger partial charge in [0.2, 0.25) is 5.78 Å². The molecule has 0 bridgehead atoms. The number of hydrogen-bond donors (Lipinski definition) is 0. The highest BCUT2D eigenvalue weighted by Gasteiger charge is 2.20. The molecular formula is C16H10Br2O2. The molecule has 0 saturated heterocycles. The molecule has 20 heavy (non-hydrogen) atoms. The van der Waals surface area contributed by atoms with Gasteiger partial charge in [0.05, 0.1) is 0 Å². The number of rotatable bonds is 3. The fraction of sp³-hybridized carbons (Fsp3) is 0.0625. The Morgan fingerprint density at radius 3 is 2.45 bits per heavy atom. The zero-order valence-corrected chi connectivity index (χ0v) is 13.6. The first-order valence-corrected chi connectivity index (χ1v) is 7.99. The monoisotopic (exact) mass is 392 g/mol. The average molecular weight is 394 g/mol. The van der Waals surface area contributed by atoms with Crippen LogP contribution in [0.3, 0.4) is 0 Å². The first-order valence-electron chi connectivity index (χ1n) is 6.07. The van der Waals surface area contributed by atoms with Crippen LogP contribution in [0.25, 0.3) is 11.0 Å². The summed E-state index contributed by atoms with van der Waals surface area (Å²) < 4.78 is 6.69. The highest BCUT2D eigenvalue weighted by molar-refractivity contribution is 9.10. The lowest BCUT2D eigenvalue weighted by atomic mass is 10.1. The maximum atomic E-state index is 12.6.